The van der Waals surface area contributed by atoms with E-state index in [9.17, 15) is 9.90 Å². The lowest BCUT2D eigenvalue weighted by molar-refractivity contribution is -0.125. The van der Waals surface area contributed by atoms with Crippen molar-refractivity contribution in [3.8, 4) is 0 Å². The number of aliphatic hydroxyl groups is 1. The van der Waals surface area contributed by atoms with Crippen molar-refractivity contribution >= 4 is 44.2 Å². The van der Waals surface area contributed by atoms with Crippen molar-refractivity contribution in [3.05, 3.63) is 50.9 Å². The Labute approximate surface area is 163 Å². The maximum atomic E-state index is 12.7. The van der Waals surface area contributed by atoms with Crippen molar-refractivity contribution in [2.24, 2.45) is 0 Å². The van der Waals surface area contributed by atoms with Crippen molar-refractivity contribution in [2.45, 2.75) is 31.7 Å². The van der Waals surface area contributed by atoms with Crippen LogP contribution < -0.4 is 5.32 Å². The lowest BCUT2D eigenvalue weighted by atomic mass is 10.2. The van der Waals surface area contributed by atoms with Gasteiger partial charge in [-0.3, -0.25) is 9.69 Å². The van der Waals surface area contributed by atoms with Crippen LogP contribution in [0.5, 0.6) is 0 Å². The number of hydrogen-bond acceptors (Lipinski definition) is 5. The van der Waals surface area contributed by atoms with Crippen LogP contribution in [-0.4, -0.2) is 44.6 Å². The van der Waals surface area contributed by atoms with Crippen molar-refractivity contribution in [1.29, 1.82) is 0 Å². The smallest absolute Gasteiger partial charge is 0.237 e. The number of aliphatic hydroxyl groups excluding tert-OH is 1. The molecule has 8 heteroatoms. The number of rotatable bonds is 5. The molecule has 1 aliphatic rings. The van der Waals surface area contributed by atoms with E-state index in [1.165, 1.54) is 4.88 Å². The van der Waals surface area contributed by atoms with Crippen LogP contribution >= 0.6 is 27.3 Å². The van der Waals surface area contributed by atoms with Crippen molar-refractivity contribution < 1.29 is 9.90 Å². The Morgan fingerprint density at radius 2 is 2.31 bits per heavy atom. The molecule has 3 N–H and O–H groups in total. The molecule has 0 unspecified atom stereocenters. The van der Waals surface area contributed by atoms with Gasteiger partial charge in [0.2, 0.25) is 5.91 Å². The van der Waals surface area contributed by atoms with Crippen LogP contribution in [0.1, 0.15) is 17.1 Å². The van der Waals surface area contributed by atoms with Crippen LogP contribution in [0.4, 0.5) is 0 Å². The molecule has 1 aliphatic heterocycles. The molecule has 3 aromatic rings. The van der Waals surface area contributed by atoms with Gasteiger partial charge in [0.15, 0.2) is 0 Å². The van der Waals surface area contributed by atoms with E-state index in [-0.39, 0.29) is 11.9 Å². The number of H-pyrrole nitrogens is 1. The van der Waals surface area contributed by atoms with E-state index in [1.54, 1.807) is 11.3 Å². The van der Waals surface area contributed by atoms with E-state index in [2.05, 4.69) is 37.3 Å². The number of β-amino-alcohol motifs (C(OH)–C–C–N with tert-alkyl or cyclic N) is 1. The normalized spacial score (nSPS) is 20.7. The lowest BCUT2D eigenvalue weighted by Gasteiger charge is -2.22. The summed E-state index contributed by atoms with van der Waals surface area (Å²) >= 11 is 5.10. The lowest BCUT2D eigenvalue weighted by Crippen LogP contribution is -2.42. The highest BCUT2D eigenvalue weighted by Gasteiger charge is 2.36. The third kappa shape index (κ3) is 3.83. The van der Waals surface area contributed by atoms with Gasteiger partial charge in [0.25, 0.3) is 0 Å². The summed E-state index contributed by atoms with van der Waals surface area (Å²) in [5.41, 5.74) is 1.84. The van der Waals surface area contributed by atoms with Crippen molar-refractivity contribution in [2.75, 3.05) is 6.54 Å². The Balaban J connectivity index is 1.40. The van der Waals surface area contributed by atoms with E-state index >= 15 is 0 Å². The third-order valence-corrected chi connectivity index (χ3v) is 6.22. The molecule has 4 rings (SSSR count). The van der Waals surface area contributed by atoms with Gasteiger partial charge < -0.3 is 15.4 Å². The molecule has 3 heterocycles. The van der Waals surface area contributed by atoms with E-state index in [4.69, 9.17) is 0 Å². The summed E-state index contributed by atoms with van der Waals surface area (Å²) in [5.74, 6) is 0.657. The average Bonchev–Trinajstić information content (AvgIpc) is 3.31. The molecule has 1 amide bonds. The highest BCUT2D eigenvalue weighted by Crippen LogP contribution is 2.26. The minimum absolute atomic E-state index is 0.0716. The van der Waals surface area contributed by atoms with Crippen LogP contribution in [0.3, 0.4) is 0 Å². The molecule has 0 aliphatic carbocycles. The number of para-hydroxylation sites is 2. The number of imidazole rings is 1. The highest BCUT2D eigenvalue weighted by atomic mass is 79.9. The Morgan fingerprint density at radius 3 is 3.08 bits per heavy atom. The summed E-state index contributed by atoms with van der Waals surface area (Å²) in [5, 5.41) is 15.0. The quantitative estimate of drug-likeness (QED) is 0.576. The third-order valence-electron chi connectivity index (χ3n) is 4.53. The van der Waals surface area contributed by atoms with Crippen LogP contribution in [0, 0.1) is 0 Å². The standard InChI is InChI=1S/C18H19BrN4O2S/c19-11-5-13(26-10-11)9-23-8-12(24)6-16(23)18(25)20-7-17-21-14-3-1-2-4-15(14)22-17/h1-5,10,12,16,24H,6-9H2,(H,20,25)(H,21,22)/t12-,16+/m1/s1. The first kappa shape index (κ1) is 17.7. The summed E-state index contributed by atoms with van der Waals surface area (Å²) in [6.07, 6.45) is -0.0150. The van der Waals surface area contributed by atoms with E-state index in [0.717, 1.165) is 21.3 Å². The minimum Gasteiger partial charge on any atom is -0.392 e. The van der Waals surface area contributed by atoms with Gasteiger partial charge in [-0.05, 0) is 40.5 Å². The first-order valence-electron chi connectivity index (χ1n) is 8.45. The molecule has 26 heavy (non-hydrogen) atoms. The Bertz CT molecular complexity index is 892. The zero-order chi connectivity index (χ0) is 18.1. The molecule has 1 saturated heterocycles. The average molecular weight is 435 g/mol. The second-order valence-electron chi connectivity index (χ2n) is 6.48. The predicted molar refractivity (Wildman–Crippen MR) is 105 cm³/mol. The maximum Gasteiger partial charge on any atom is 0.237 e. The number of thiophene rings is 1. The van der Waals surface area contributed by atoms with Gasteiger partial charge in [0.05, 0.1) is 29.7 Å². The summed E-state index contributed by atoms with van der Waals surface area (Å²) in [6.45, 7) is 1.52. The number of fused-ring (bicyclic) bond motifs is 1. The number of halogens is 1. The summed E-state index contributed by atoms with van der Waals surface area (Å²) in [7, 11) is 0. The van der Waals surface area contributed by atoms with E-state index < -0.39 is 6.10 Å². The molecule has 0 radical (unpaired) electrons. The topological polar surface area (TPSA) is 81.2 Å². The predicted octanol–water partition coefficient (Wildman–Crippen LogP) is 2.64. The van der Waals surface area contributed by atoms with Crippen molar-refractivity contribution in [1.82, 2.24) is 20.2 Å². The van der Waals surface area contributed by atoms with Gasteiger partial charge in [0.1, 0.15) is 5.82 Å². The molecule has 6 nitrogen and oxygen atoms in total. The molecule has 0 spiro atoms. The number of aromatic amines is 1. The SMILES string of the molecule is O=C(NCc1nc2ccccc2[nH]1)[C@@H]1C[C@@H](O)CN1Cc1cc(Br)cs1. The van der Waals surface area contributed by atoms with Crippen molar-refractivity contribution in [3.63, 3.8) is 0 Å². The number of nitrogens with zero attached hydrogens (tertiary/aromatic N) is 2. The molecule has 1 fully saturated rings. The Kier molecular flexibility index (Phi) is 5.08. The Morgan fingerprint density at radius 1 is 1.46 bits per heavy atom. The number of amides is 1. The van der Waals surface area contributed by atoms with Crippen LogP contribution in [0.25, 0.3) is 11.0 Å². The first-order chi connectivity index (χ1) is 12.6. The number of carbonyl (C=O) groups is 1. The molecule has 0 saturated carbocycles. The highest BCUT2D eigenvalue weighted by molar-refractivity contribution is 9.10. The first-order valence-corrected chi connectivity index (χ1v) is 10.1. The zero-order valence-corrected chi connectivity index (χ0v) is 16.4. The molecule has 1 aromatic carbocycles. The Hall–Kier alpha value is -1.74. The summed E-state index contributed by atoms with van der Waals surface area (Å²) < 4.78 is 1.04. The van der Waals surface area contributed by atoms with Crippen LogP contribution in [0.2, 0.25) is 0 Å². The van der Waals surface area contributed by atoms with Gasteiger partial charge >= 0.3 is 0 Å². The second kappa shape index (κ2) is 7.48. The van der Waals surface area contributed by atoms with E-state index in [0.29, 0.717) is 26.1 Å². The van der Waals surface area contributed by atoms with Gasteiger partial charge in [-0.25, -0.2) is 4.98 Å². The molecule has 2 atom stereocenters. The molecule has 2 aromatic heterocycles. The summed E-state index contributed by atoms with van der Waals surface area (Å²) in [6, 6.07) is 9.51. The van der Waals surface area contributed by atoms with Gasteiger partial charge in [0, 0.05) is 27.8 Å². The zero-order valence-electron chi connectivity index (χ0n) is 14.0. The number of carbonyl (C=O) groups excluding carboxylic acids is 1. The molecular formula is C18H19BrN4O2S. The fourth-order valence-electron chi connectivity index (χ4n) is 3.34. The molecule has 136 valence electrons. The maximum absolute atomic E-state index is 12.7. The van der Waals surface area contributed by atoms with E-state index in [1.807, 2.05) is 34.5 Å². The number of nitrogens with one attached hydrogen (secondary N) is 2. The molecular weight excluding hydrogens is 416 g/mol. The second-order valence-corrected chi connectivity index (χ2v) is 8.40. The largest absolute Gasteiger partial charge is 0.392 e. The fraction of sp³-hybridized carbons (Fsp3) is 0.333. The number of hydrogen-bond donors (Lipinski definition) is 3. The van der Waals surface area contributed by atoms with Gasteiger partial charge in [-0.2, -0.15) is 0 Å². The monoisotopic (exact) mass is 434 g/mol. The number of likely N-dealkylation sites (tertiary alicyclic amines) is 1. The summed E-state index contributed by atoms with van der Waals surface area (Å²) in [4.78, 5) is 23.6. The van der Waals surface area contributed by atoms with Crippen LogP contribution in [0.15, 0.2) is 40.2 Å². The number of benzene rings is 1. The number of aromatic nitrogens is 2. The van der Waals surface area contributed by atoms with Gasteiger partial charge in [-0.15, -0.1) is 11.3 Å². The molecule has 0 bridgehead atoms. The van der Waals surface area contributed by atoms with Crippen LogP contribution in [-0.2, 0) is 17.9 Å². The van der Waals surface area contributed by atoms with Gasteiger partial charge in [-0.1, -0.05) is 12.1 Å². The fourth-order valence-corrected chi connectivity index (χ4v) is 4.82. The minimum atomic E-state index is -0.472.